The molecule has 298 valence electrons. The first-order valence-corrected chi connectivity index (χ1v) is 20.5. The molecule has 4 N–H and O–H groups in total. The van der Waals surface area contributed by atoms with Crippen LogP contribution < -0.4 is 10.6 Å². The van der Waals surface area contributed by atoms with Gasteiger partial charge in [0.25, 0.3) is 0 Å². The fourth-order valence-corrected chi connectivity index (χ4v) is 5.67. The van der Waals surface area contributed by atoms with Crippen LogP contribution in [0.5, 0.6) is 0 Å². The smallest absolute Gasteiger partial charge is 0.328 e. The van der Waals surface area contributed by atoms with Crippen LogP contribution in [-0.2, 0) is 23.9 Å². The first-order valence-electron chi connectivity index (χ1n) is 20.5. The van der Waals surface area contributed by atoms with Gasteiger partial charge in [0, 0.05) is 12.8 Å². The second-order valence-corrected chi connectivity index (χ2v) is 13.7. The molecule has 0 aromatic carbocycles. The monoisotopic (exact) mass is 731 g/mol. The summed E-state index contributed by atoms with van der Waals surface area (Å²) in [5.41, 5.74) is 0. The van der Waals surface area contributed by atoms with Crippen LogP contribution in [0.15, 0.2) is 48.6 Å². The topological polar surface area (TPSA) is 142 Å². The zero-order valence-electron chi connectivity index (χ0n) is 32.8. The van der Waals surface area contributed by atoms with E-state index in [2.05, 4.69) is 73.1 Å². The third-order valence-corrected chi connectivity index (χ3v) is 8.81. The summed E-state index contributed by atoms with van der Waals surface area (Å²) in [5, 5.41) is 22.5. The van der Waals surface area contributed by atoms with Crippen LogP contribution in [0, 0.1) is 0 Å². The number of aliphatic carboxylic acids is 1. The van der Waals surface area contributed by atoms with E-state index in [9.17, 15) is 19.2 Å². The van der Waals surface area contributed by atoms with Crippen molar-refractivity contribution in [2.24, 2.45) is 0 Å². The maximum Gasteiger partial charge on any atom is 0.328 e. The number of carbonyl (C=O) groups excluding carboxylic acids is 3. The molecule has 0 heterocycles. The van der Waals surface area contributed by atoms with Crippen molar-refractivity contribution in [3.8, 4) is 0 Å². The molecule has 0 fully saturated rings. The van der Waals surface area contributed by atoms with Gasteiger partial charge in [-0.2, -0.15) is 0 Å². The highest BCUT2D eigenvalue weighted by molar-refractivity contribution is 5.87. The molecule has 0 aliphatic heterocycles. The Bertz CT molecular complexity index is 1020. The van der Waals surface area contributed by atoms with Crippen LogP contribution in [0.3, 0.4) is 0 Å². The first-order chi connectivity index (χ1) is 25.3. The lowest BCUT2D eigenvalue weighted by Gasteiger charge is -2.18. The molecule has 0 spiro atoms. The van der Waals surface area contributed by atoms with E-state index in [1.165, 1.54) is 38.5 Å². The Kier molecular flexibility index (Phi) is 35.2. The van der Waals surface area contributed by atoms with E-state index >= 15 is 0 Å². The number of ether oxygens (including phenoxy) is 1. The predicted octanol–water partition coefficient (Wildman–Crippen LogP) is 9.59. The summed E-state index contributed by atoms with van der Waals surface area (Å²) in [5.74, 6) is -2.35. The van der Waals surface area contributed by atoms with Crippen LogP contribution >= 0.6 is 0 Å². The fourth-order valence-electron chi connectivity index (χ4n) is 5.67. The minimum Gasteiger partial charge on any atom is -0.480 e. The Morgan fingerprint density at radius 2 is 1.12 bits per heavy atom. The number of esters is 1. The molecule has 52 heavy (non-hydrogen) atoms. The van der Waals surface area contributed by atoms with Gasteiger partial charge in [0.2, 0.25) is 11.8 Å². The van der Waals surface area contributed by atoms with Gasteiger partial charge in [-0.1, -0.05) is 120 Å². The number of unbranched alkanes of at least 4 members (excludes halogenated alkanes) is 14. The lowest BCUT2D eigenvalue weighted by atomic mass is 10.0. The van der Waals surface area contributed by atoms with Gasteiger partial charge in [-0.3, -0.25) is 14.4 Å². The van der Waals surface area contributed by atoms with E-state index in [0.29, 0.717) is 12.8 Å². The molecule has 2 amide bonds. The zero-order valence-corrected chi connectivity index (χ0v) is 32.8. The SMILES string of the molecule is CC/C=C\C/C=C\C/C=C\CCCCCC(=O)OC(CCC/C=C\CCCCCCCC)CCCCCCCC(=O)NCC(=O)NC(CO)C(=O)O. The summed E-state index contributed by atoms with van der Waals surface area (Å²) < 4.78 is 5.98. The van der Waals surface area contributed by atoms with Crippen LogP contribution in [0.2, 0.25) is 0 Å². The van der Waals surface area contributed by atoms with Crippen molar-refractivity contribution in [2.75, 3.05) is 13.2 Å². The van der Waals surface area contributed by atoms with Gasteiger partial charge < -0.3 is 25.6 Å². The summed E-state index contributed by atoms with van der Waals surface area (Å²) >= 11 is 0. The van der Waals surface area contributed by atoms with E-state index in [0.717, 1.165) is 103 Å². The molecule has 0 aliphatic rings. The molecule has 9 heteroatoms. The average molecular weight is 731 g/mol. The maximum absolute atomic E-state index is 12.7. The number of nitrogens with one attached hydrogen (secondary N) is 2. The summed E-state index contributed by atoms with van der Waals surface area (Å²) in [6.45, 7) is 3.34. The molecule has 0 saturated heterocycles. The van der Waals surface area contributed by atoms with Gasteiger partial charge in [0.1, 0.15) is 12.1 Å². The van der Waals surface area contributed by atoms with E-state index in [4.69, 9.17) is 14.9 Å². The normalized spacial score (nSPS) is 13.0. The molecular weight excluding hydrogens is 656 g/mol. The molecular formula is C43H74N2O7. The Balaban J connectivity index is 4.40. The van der Waals surface area contributed by atoms with Crippen molar-refractivity contribution in [1.29, 1.82) is 0 Å². The number of hydrogen-bond acceptors (Lipinski definition) is 6. The van der Waals surface area contributed by atoms with Crippen molar-refractivity contribution in [3.63, 3.8) is 0 Å². The van der Waals surface area contributed by atoms with Crippen molar-refractivity contribution in [3.05, 3.63) is 48.6 Å². The standard InChI is InChI=1S/C43H74N2O7/c1-3-5-7-9-11-13-15-16-18-20-22-27-31-35-42(49)52-38(32-28-24-21-19-17-14-12-10-8-6-4-2)33-29-25-23-26-30-34-40(47)44-36-41(48)45-39(37-46)43(50)51/h5,7,11,13,16,18-19,21,38-39,46H,3-4,6,8-10,12,14-15,17,20,22-37H2,1-2H3,(H,44,47)(H,45,48)(H,50,51)/b7-5-,13-11-,18-16-,21-19-. The molecule has 2 atom stereocenters. The second kappa shape index (κ2) is 37.6. The number of allylic oxidation sites excluding steroid dienone is 8. The van der Waals surface area contributed by atoms with Crippen LogP contribution in [0.4, 0.5) is 0 Å². The second-order valence-electron chi connectivity index (χ2n) is 13.7. The average Bonchev–Trinajstić information content (AvgIpc) is 3.13. The lowest BCUT2D eigenvalue weighted by molar-refractivity contribution is -0.150. The van der Waals surface area contributed by atoms with E-state index in [-0.39, 0.29) is 30.9 Å². The number of aliphatic hydroxyl groups excluding tert-OH is 1. The zero-order chi connectivity index (χ0) is 38.3. The molecule has 0 aromatic rings. The largest absolute Gasteiger partial charge is 0.480 e. The number of amides is 2. The van der Waals surface area contributed by atoms with Crippen LogP contribution in [0.25, 0.3) is 0 Å². The van der Waals surface area contributed by atoms with Crippen molar-refractivity contribution in [1.82, 2.24) is 10.6 Å². The van der Waals surface area contributed by atoms with Gasteiger partial charge in [-0.15, -0.1) is 0 Å². The number of aliphatic hydroxyl groups is 1. The van der Waals surface area contributed by atoms with Crippen LogP contribution in [-0.4, -0.2) is 59.3 Å². The number of rotatable bonds is 36. The highest BCUT2D eigenvalue weighted by Gasteiger charge is 2.19. The molecule has 0 radical (unpaired) electrons. The number of carbonyl (C=O) groups is 4. The highest BCUT2D eigenvalue weighted by atomic mass is 16.5. The first kappa shape index (κ1) is 48.8. The molecule has 0 aliphatic carbocycles. The van der Waals surface area contributed by atoms with E-state index in [1.807, 2.05) is 0 Å². The Hall–Kier alpha value is -3.20. The molecule has 0 rings (SSSR count). The number of carboxylic acid groups (broad SMARTS) is 1. The maximum atomic E-state index is 12.7. The van der Waals surface area contributed by atoms with Gasteiger partial charge in [-0.25, -0.2) is 4.79 Å². The Morgan fingerprint density at radius 1 is 0.596 bits per heavy atom. The Morgan fingerprint density at radius 3 is 1.77 bits per heavy atom. The van der Waals surface area contributed by atoms with Gasteiger partial charge in [0.05, 0.1) is 13.2 Å². The fraction of sp³-hybridized carbons (Fsp3) is 0.721. The molecule has 0 bridgehead atoms. The lowest BCUT2D eigenvalue weighted by Crippen LogP contribution is -2.47. The van der Waals surface area contributed by atoms with E-state index in [1.54, 1.807) is 0 Å². The van der Waals surface area contributed by atoms with Crippen molar-refractivity contribution < 1.29 is 34.1 Å². The van der Waals surface area contributed by atoms with Gasteiger partial charge in [0.15, 0.2) is 0 Å². The molecule has 0 aromatic heterocycles. The Labute approximate surface area is 316 Å². The summed E-state index contributed by atoms with van der Waals surface area (Å²) in [7, 11) is 0. The number of hydrogen-bond donors (Lipinski definition) is 4. The minimum atomic E-state index is -1.39. The van der Waals surface area contributed by atoms with Crippen molar-refractivity contribution >= 4 is 23.8 Å². The predicted molar refractivity (Wildman–Crippen MR) is 213 cm³/mol. The highest BCUT2D eigenvalue weighted by Crippen LogP contribution is 2.17. The van der Waals surface area contributed by atoms with Gasteiger partial charge >= 0.3 is 11.9 Å². The minimum absolute atomic E-state index is 0.0589. The summed E-state index contributed by atoms with van der Waals surface area (Å²) in [4.78, 5) is 47.5. The van der Waals surface area contributed by atoms with E-state index < -0.39 is 24.5 Å². The molecule has 0 saturated carbocycles. The van der Waals surface area contributed by atoms with Crippen LogP contribution in [0.1, 0.15) is 174 Å². The number of carboxylic acids is 1. The third-order valence-electron chi connectivity index (χ3n) is 8.81. The summed E-state index contributed by atoms with van der Waals surface area (Å²) in [6.07, 6.45) is 42.8. The summed E-state index contributed by atoms with van der Waals surface area (Å²) in [6, 6.07) is -1.39. The quantitative estimate of drug-likeness (QED) is 0.0286. The third kappa shape index (κ3) is 33.9. The molecule has 9 nitrogen and oxygen atoms in total. The molecule has 2 unspecified atom stereocenters. The van der Waals surface area contributed by atoms with Crippen molar-refractivity contribution in [2.45, 2.75) is 187 Å². The van der Waals surface area contributed by atoms with Gasteiger partial charge in [-0.05, 0) is 89.9 Å².